The first-order valence-corrected chi connectivity index (χ1v) is 6.16. The van der Waals surface area contributed by atoms with Crippen molar-refractivity contribution in [1.82, 2.24) is 0 Å². The lowest BCUT2D eigenvalue weighted by Crippen LogP contribution is -2.01. The van der Waals surface area contributed by atoms with Crippen molar-refractivity contribution in [2.45, 2.75) is 4.90 Å². The van der Waals surface area contributed by atoms with Crippen LogP contribution in [0.3, 0.4) is 0 Å². The second-order valence-corrected chi connectivity index (χ2v) is 5.01. The highest BCUT2D eigenvalue weighted by Gasteiger charge is 2.32. The van der Waals surface area contributed by atoms with E-state index in [4.69, 9.17) is 12.0 Å². The molecule has 0 saturated carbocycles. The predicted molar refractivity (Wildman–Crippen MR) is 64.7 cm³/mol. The molecule has 8 nitrogen and oxygen atoms in total. The van der Waals surface area contributed by atoms with Crippen molar-refractivity contribution in [3.8, 4) is 0 Å². The molecule has 94 valence electrons. The number of fused-ring (bicyclic) bond motifs is 1. The SMILES string of the molecule is [C-]#[N+]C(=C=N)C1=NS(=O)(=O)c2cc([N+](=O)[O-])ccc21. The number of nitrogens with one attached hydrogen (secondary N) is 1. The van der Waals surface area contributed by atoms with E-state index in [1.807, 2.05) is 0 Å². The second kappa shape index (κ2) is 4.13. The fourth-order valence-electron chi connectivity index (χ4n) is 1.56. The molecule has 0 aliphatic carbocycles. The molecular weight excluding hydrogens is 272 g/mol. The molecule has 0 saturated heterocycles. The third-order valence-corrected chi connectivity index (χ3v) is 3.69. The van der Waals surface area contributed by atoms with E-state index in [0.29, 0.717) is 0 Å². The van der Waals surface area contributed by atoms with Crippen LogP contribution in [0.4, 0.5) is 5.69 Å². The van der Waals surface area contributed by atoms with Gasteiger partial charge in [-0.2, -0.15) is 12.8 Å². The van der Waals surface area contributed by atoms with Crippen molar-refractivity contribution in [2.24, 2.45) is 4.40 Å². The summed E-state index contributed by atoms with van der Waals surface area (Å²) >= 11 is 0. The first-order chi connectivity index (χ1) is 8.90. The summed E-state index contributed by atoms with van der Waals surface area (Å²) in [6.45, 7) is 6.83. The Morgan fingerprint density at radius 1 is 1.53 bits per heavy atom. The van der Waals surface area contributed by atoms with Crippen LogP contribution in [0.2, 0.25) is 0 Å². The van der Waals surface area contributed by atoms with Gasteiger partial charge in [-0.1, -0.05) is 0 Å². The monoisotopic (exact) mass is 276 g/mol. The Morgan fingerprint density at radius 2 is 2.21 bits per heavy atom. The second-order valence-electron chi connectivity index (χ2n) is 3.44. The molecule has 1 aliphatic rings. The number of allylic oxidation sites excluding steroid dienone is 1. The Bertz CT molecular complexity index is 826. The fraction of sp³-hybridized carbons (Fsp3) is 0. The first kappa shape index (κ1) is 12.6. The minimum Gasteiger partial charge on any atom is -0.271 e. The number of non-ortho nitro benzene ring substituents is 1. The Morgan fingerprint density at radius 3 is 2.74 bits per heavy atom. The lowest BCUT2D eigenvalue weighted by Gasteiger charge is -1.99. The van der Waals surface area contributed by atoms with Crippen molar-refractivity contribution in [1.29, 1.82) is 5.41 Å². The van der Waals surface area contributed by atoms with Crippen LogP contribution in [-0.4, -0.2) is 24.9 Å². The average molecular weight is 276 g/mol. The topological polar surface area (TPSA) is 118 Å². The molecule has 0 atom stereocenters. The molecule has 1 aromatic carbocycles. The van der Waals surface area contributed by atoms with Gasteiger partial charge in [0.05, 0.1) is 11.5 Å². The molecule has 9 heteroatoms. The molecule has 1 heterocycles. The van der Waals surface area contributed by atoms with E-state index < -0.39 is 14.9 Å². The summed E-state index contributed by atoms with van der Waals surface area (Å²) in [7, 11) is -4.08. The molecule has 0 unspecified atom stereocenters. The summed E-state index contributed by atoms with van der Waals surface area (Å²) in [5, 5.41) is 17.5. The normalized spacial score (nSPS) is 14.8. The van der Waals surface area contributed by atoms with Crippen molar-refractivity contribution < 1.29 is 13.3 Å². The molecule has 0 bridgehead atoms. The summed E-state index contributed by atoms with van der Waals surface area (Å²) in [4.78, 5) is 12.5. The Hall–Kier alpha value is -2.82. The molecule has 0 spiro atoms. The van der Waals surface area contributed by atoms with E-state index in [1.165, 1.54) is 6.07 Å². The van der Waals surface area contributed by atoms with Gasteiger partial charge in [-0.15, -0.1) is 0 Å². The van der Waals surface area contributed by atoms with Crippen LogP contribution in [0, 0.1) is 22.1 Å². The average Bonchev–Trinajstić information content (AvgIpc) is 2.63. The van der Waals surface area contributed by atoms with Gasteiger partial charge in [-0.3, -0.25) is 15.5 Å². The summed E-state index contributed by atoms with van der Waals surface area (Å²) < 4.78 is 26.9. The molecular formula is C10H4N4O4S. The van der Waals surface area contributed by atoms with E-state index in [9.17, 15) is 18.5 Å². The smallest absolute Gasteiger partial charge is 0.271 e. The number of rotatable bonds is 2. The third kappa shape index (κ3) is 1.91. The van der Waals surface area contributed by atoms with E-state index in [0.717, 1.165) is 12.1 Å². The number of nitro groups is 1. The number of sulfonamides is 1. The number of hydrogen-bond donors (Lipinski definition) is 1. The Balaban J connectivity index is 2.76. The van der Waals surface area contributed by atoms with Gasteiger partial charge in [-0.05, 0) is 11.9 Å². The van der Waals surface area contributed by atoms with E-state index in [1.54, 1.807) is 5.87 Å². The molecule has 2 rings (SSSR count). The van der Waals surface area contributed by atoms with Crippen LogP contribution >= 0.6 is 0 Å². The highest BCUT2D eigenvalue weighted by molar-refractivity contribution is 7.90. The maximum atomic E-state index is 11.8. The zero-order valence-corrected chi connectivity index (χ0v) is 9.93. The fourth-order valence-corrected chi connectivity index (χ4v) is 2.80. The Labute approximate surface area is 107 Å². The molecule has 19 heavy (non-hydrogen) atoms. The lowest BCUT2D eigenvalue weighted by molar-refractivity contribution is -0.385. The maximum Gasteiger partial charge on any atom is 0.282 e. The summed E-state index contributed by atoms with van der Waals surface area (Å²) in [5.74, 6) is 1.79. The zero-order valence-electron chi connectivity index (χ0n) is 9.11. The van der Waals surface area contributed by atoms with Crippen LogP contribution in [0.5, 0.6) is 0 Å². The van der Waals surface area contributed by atoms with Gasteiger partial charge < -0.3 is 0 Å². The molecule has 1 aromatic rings. The molecule has 0 radical (unpaired) electrons. The van der Waals surface area contributed by atoms with Crippen LogP contribution in [-0.2, 0) is 10.0 Å². The first-order valence-electron chi connectivity index (χ1n) is 4.72. The summed E-state index contributed by atoms with van der Waals surface area (Å²) in [5.41, 5.74) is -0.899. The van der Waals surface area contributed by atoms with Crippen molar-refractivity contribution in [3.63, 3.8) is 0 Å². The quantitative estimate of drug-likeness (QED) is 0.377. The van der Waals surface area contributed by atoms with Gasteiger partial charge in [0, 0.05) is 17.7 Å². The van der Waals surface area contributed by atoms with Crippen molar-refractivity contribution in [3.05, 3.63) is 51.0 Å². The van der Waals surface area contributed by atoms with Gasteiger partial charge >= 0.3 is 0 Å². The van der Waals surface area contributed by atoms with E-state index in [2.05, 4.69) is 9.24 Å². The van der Waals surface area contributed by atoms with Gasteiger partial charge in [0.15, 0.2) is 0 Å². The van der Waals surface area contributed by atoms with E-state index in [-0.39, 0.29) is 27.6 Å². The minimum absolute atomic E-state index is 0.0661. The van der Waals surface area contributed by atoms with Crippen molar-refractivity contribution in [2.75, 3.05) is 0 Å². The van der Waals surface area contributed by atoms with Crippen molar-refractivity contribution >= 4 is 27.3 Å². The summed E-state index contributed by atoms with van der Waals surface area (Å²) in [6, 6.07) is 3.19. The van der Waals surface area contributed by atoms with Crippen LogP contribution < -0.4 is 0 Å². The van der Waals surface area contributed by atoms with Crippen LogP contribution in [0.25, 0.3) is 4.85 Å². The maximum absolute atomic E-state index is 11.8. The van der Waals surface area contributed by atoms with Gasteiger partial charge in [-0.25, -0.2) is 4.85 Å². The molecule has 0 fully saturated rings. The highest BCUT2D eigenvalue weighted by atomic mass is 32.2. The van der Waals surface area contributed by atoms with Gasteiger partial charge in [0.2, 0.25) is 0 Å². The van der Waals surface area contributed by atoms with Gasteiger partial charge in [0.25, 0.3) is 21.4 Å². The molecule has 0 aromatic heterocycles. The highest BCUT2D eigenvalue weighted by Crippen LogP contribution is 2.31. The number of hydrogen-bond acceptors (Lipinski definition) is 5. The third-order valence-electron chi connectivity index (χ3n) is 2.38. The number of nitrogens with zero attached hydrogens (tertiary/aromatic N) is 3. The largest absolute Gasteiger partial charge is 0.282 e. The standard InChI is InChI=1S/C10H4N4O4S/c1-12-8(5-11)10-7-3-2-6(14(15)16)4-9(7)19(17,18)13-10/h2-4,11H. The predicted octanol–water partition coefficient (Wildman–Crippen LogP) is 1.14. The molecule has 1 aliphatic heterocycles. The number of nitro benzene ring substituents is 1. The summed E-state index contributed by atoms with van der Waals surface area (Å²) in [6.07, 6.45) is 0. The van der Waals surface area contributed by atoms with E-state index >= 15 is 0 Å². The zero-order chi connectivity index (χ0) is 14.2. The number of benzene rings is 1. The molecule has 0 amide bonds. The van der Waals surface area contributed by atoms with Crippen LogP contribution in [0.15, 0.2) is 33.2 Å². The Kier molecular flexibility index (Phi) is 2.75. The minimum atomic E-state index is -4.08. The van der Waals surface area contributed by atoms with Crippen LogP contribution in [0.1, 0.15) is 5.56 Å². The molecule has 1 N–H and O–H groups in total. The lowest BCUT2D eigenvalue weighted by atomic mass is 10.1. The van der Waals surface area contributed by atoms with Gasteiger partial charge in [0.1, 0.15) is 10.6 Å².